The van der Waals surface area contributed by atoms with E-state index in [4.69, 9.17) is 0 Å². The number of imidazole rings is 1. The van der Waals surface area contributed by atoms with E-state index in [2.05, 4.69) is 15.3 Å². The van der Waals surface area contributed by atoms with Crippen molar-refractivity contribution in [2.75, 3.05) is 5.32 Å². The number of nitrogens with one attached hydrogen (secondary N) is 1. The highest BCUT2D eigenvalue weighted by molar-refractivity contribution is 7.16. The molecule has 120 valence electrons. The lowest BCUT2D eigenvalue weighted by atomic mass is 10.3. The first kappa shape index (κ1) is 15.0. The van der Waals surface area contributed by atoms with Gasteiger partial charge in [0.2, 0.25) is 0 Å². The molecule has 7 heteroatoms. The Morgan fingerprint density at radius 2 is 2.08 bits per heavy atom. The molecule has 0 saturated carbocycles. The van der Waals surface area contributed by atoms with Gasteiger partial charge >= 0.3 is 0 Å². The van der Waals surface area contributed by atoms with Gasteiger partial charge in [0.25, 0.3) is 5.91 Å². The predicted molar refractivity (Wildman–Crippen MR) is 98.0 cm³/mol. The normalized spacial score (nSPS) is 11.1. The number of hydrogen-bond acceptors (Lipinski definition) is 5. The molecule has 4 aromatic rings. The average molecular weight is 354 g/mol. The summed E-state index contributed by atoms with van der Waals surface area (Å²) in [5.41, 5.74) is 4.01. The van der Waals surface area contributed by atoms with Crippen molar-refractivity contribution in [3.8, 4) is 10.6 Å². The summed E-state index contributed by atoms with van der Waals surface area (Å²) in [5.74, 6) is -0.198. The molecule has 1 amide bonds. The van der Waals surface area contributed by atoms with E-state index in [0.717, 1.165) is 21.8 Å². The minimum atomic E-state index is -0.198. The van der Waals surface area contributed by atoms with Gasteiger partial charge in [0, 0.05) is 11.6 Å². The number of aryl methyl sites for hydroxylation is 2. The monoisotopic (exact) mass is 354 g/mol. The highest BCUT2D eigenvalue weighted by atomic mass is 32.1. The number of pyridine rings is 1. The van der Waals surface area contributed by atoms with Crippen molar-refractivity contribution in [2.24, 2.45) is 0 Å². The second kappa shape index (κ2) is 5.85. The number of rotatable bonds is 3. The zero-order chi connectivity index (χ0) is 16.7. The lowest BCUT2D eigenvalue weighted by molar-refractivity contribution is 0.102. The Labute approximate surface area is 146 Å². The Morgan fingerprint density at radius 1 is 1.21 bits per heavy atom. The minimum absolute atomic E-state index is 0.198. The second-order valence-corrected chi connectivity index (χ2v) is 7.25. The first-order chi connectivity index (χ1) is 11.6. The molecule has 5 nitrogen and oxygen atoms in total. The summed E-state index contributed by atoms with van der Waals surface area (Å²) in [5, 5.41) is 7.44. The summed E-state index contributed by atoms with van der Waals surface area (Å²) >= 11 is 3.05. The van der Waals surface area contributed by atoms with E-state index in [1.54, 1.807) is 11.3 Å². The van der Waals surface area contributed by atoms with Crippen LogP contribution in [0.15, 0.2) is 41.2 Å². The minimum Gasteiger partial charge on any atom is -0.296 e. The van der Waals surface area contributed by atoms with Crippen LogP contribution in [0.4, 0.5) is 5.13 Å². The van der Waals surface area contributed by atoms with Crippen molar-refractivity contribution in [1.82, 2.24) is 14.4 Å². The van der Waals surface area contributed by atoms with Crippen LogP contribution >= 0.6 is 22.7 Å². The number of nitrogens with zero attached hydrogens (tertiary/aromatic N) is 3. The van der Waals surface area contributed by atoms with Crippen LogP contribution in [0, 0.1) is 13.8 Å². The topological polar surface area (TPSA) is 59.3 Å². The fraction of sp³-hybridized carbons (Fsp3) is 0.118. The molecule has 0 aliphatic heterocycles. The van der Waals surface area contributed by atoms with E-state index in [9.17, 15) is 4.79 Å². The van der Waals surface area contributed by atoms with Gasteiger partial charge in [-0.05, 0) is 43.0 Å². The van der Waals surface area contributed by atoms with Gasteiger partial charge in [0.15, 0.2) is 5.13 Å². The molecule has 0 saturated heterocycles. The molecule has 0 radical (unpaired) electrons. The second-order valence-electron chi connectivity index (χ2n) is 5.45. The number of amides is 1. The third kappa shape index (κ3) is 2.61. The van der Waals surface area contributed by atoms with E-state index in [1.165, 1.54) is 11.3 Å². The van der Waals surface area contributed by atoms with Gasteiger partial charge in [0.05, 0.1) is 16.3 Å². The predicted octanol–water partition coefficient (Wildman–Crippen LogP) is 4.39. The van der Waals surface area contributed by atoms with Crippen LogP contribution in [-0.2, 0) is 0 Å². The van der Waals surface area contributed by atoms with Crippen molar-refractivity contribution >= 4 is 39.4 Å². The molecule has 0 bridgehead atoms. The molecule has 24 heavy (non-hydrogen) atoms. The van der Waals surface area contributed by atoms with Crippen LogP contribution in [-0.4, -0.2) is 20.3 Å². The third-order valence-electron chi connectivity index (χ3n) is 3.67. The van der Waals surface area contributed by atoms with Crippen LogP contribution in [0.1, 0.15) is 21.7 Å². The highest BCUT2D eigenvalue weighted by Crippen LogP contribution is 2.28. The SMILES string of the molecule is Cc1ccn2c(C(=O)Nc3nc(-c4cccs4)cs3)c(C)nc2c1. The van der Waals surface area contributed by atoms with Gasteiger partial charge in [-0.1, -0.05) is 6.07 Å². The molecule has 0 fully saturated rings. The summed E-state index contributed by atoms with van der Waals surface area (Å²) in [7, 11) is 0. The van der Waals surface area contributed by atoms with Crippen LogP contribution in [0.25, 0.3) is 16.2 Å². The van der Waals surface area contributed by atoms with Crippen molar-refractivity contribution in [3.05, 3.63) is 58.2 Å². The summed E-state index contributed by atoms with van der Waals surface area (Å²) in [6.07, 6.45) is 1.87. The Kier molecular flexibility index (Phi) is 3.66. The molecule has 4 aromatic heterocycles. The first-order valence-corrected chi connectivity index (χ1v) is 9.14. The van der Waals surface area contributed by atoms with Gasteiger partial charge in [-0.3, -0.25) is 14.5 Å². The number of carbonyl (C=O) groups excluding carboxylic acids is 1. The lowest BCUT2D eigenvalue weighted by Crippen LogP contribution is -2.15. The zero-order valence-corrected chi connectivity index (χ0v) is 14.7. The van der Waals surface area contributed by atoms with Gasteiger partial charge in [-0.2, -0.15) is 0 Å². The maximum atomic E-state index is 12.7. The smallest absolute Gasteiger partial charge is 0.276 e. The lowest BCUT2D eigenvalue weighted by Gasteiger charge is -2.03. The molecule has 0 unspecified atom stereocenters. The summed E-state index contributed by atoms with van der Waals surface area (Å²) in [6.45, 7) is 3.85. The Morgan fingerprint density at radius 3 is 2.88 bits per heavy atom. The fourth-order valence-electron chi connectivity index (χ4n) is 2.56. The molecule has 0 spiro atoms. The van der Waals surface area contributed by atoms with Crippen molar-refractivity contribution in [2.45, 2.75) is 13.8 Å². The average Bonchev–Trinajstić information content (AvgIpc) is 3.24. The molecule has 1 N–H and O–H groups in total. The summed E-state index contributed by atoms with van der Waals surface area (Å²) in [6, 6.07) is 7.93. The van der Waals surface area contributed by atoms with Crippen molar-refractivity contribution in [1.29, 1.82) is 0 Å². The standard InChI is InChI=1S/C17H14N4OS2/c1-10-5-6-21-14(8-10)18-11(2)15(21)16(22)20-17-19-12(9-24-17)13-4-3-7-23-13/h3-9H,1-2H3,(H,19,20,22). The Hall–Kier alpha value is -2.51. The number of carbonyl (C=O) groups is 1. The van der Waals surface area contributed by atoms with Gasteiger partial charge in [-0.15, -0.1) is 22.7 Å². The molecule has 0 aliphatic rings. The van der Waals surface area contributed by atoms with Crippen molar-refractivity contribution < 1.29 is 4.79 Å². The van der Waals surface area contributed by atoms with Crippen LogP contribution in [0.5, 0.6) is 0 Å². The molecule has 0 aromatic carbocycles. The van der Waals surface area contributed by atoms with E-state index in [1.807, 2.05) is 59.5 Å². The number of aromatic nitrogens is 3. The maximum Gasteiger partial charge on any atom is 0.276 e. The molecular formula is C17H14N4OS2. The number of thiophene rings is 1. The fourth-order valence-corrected chi connectivity index (χ4v) is 4.03. The van der Waals surface area contributed by atoms with Gasteiger partial charge in [0.1, 0.15) is 11.3 Å². The van der Waals surface area contributed by atoms with E-state index < -0.39 is 0 Å². The van der Waals surface area contributed by atoms with Crippen LogP contribution in [0.3, 0.4) is 0 Å². The molecular weight excluding hydrogens is 340 g/mol. The Bertz CT molecular complexity index is 1030. The molecule has 4 rings (SSSR count). The summed E-state index contributed by atoms with van der Waals surface area (Å²) in [4.78, 5) is 22.7. The maximum absolute atomic E-state index is 12.7. The van der Waals surface area contributed by atoms with Crippen LogP contribution in [0.2, 0.25) is 0 Å². The van der Waals surface area contributed by atoms with Crippen LogP contribution < -0.4 is 5.32 Å². The van der Waals surface area contributed by atoms with Gasteiger partial charge in [-0.25, -0.2) is 9.97 Å². The third-order valence-corrected chi connectivity index (χ3v) is 5.32. The molecule has 0 atom stereocenters. The number of hydrogen-bond donors (Lipinski definition) is 1. The van der Waals surface area contributed by atoms with E-state index in [-0.39, 0.29) is 5.91 Å². The number of thiazole rings is 1. The molecule has 0 aliphatic carbocycles. The number of anilines is 1. The van der Waals surface area contributed by atoms with E-state index >= 15 is 0 Å². The number of fused-ring (bicyclic) bond motifs is 1. The van der Waals surface area contributed by atoms with Crippen molar-refractivity contribution in [3.63, 3.8) is 0 Å². The zero-order valence-electron chi connectivity index (χ0n) is 13.1. The highest BCUT2D eigenvalue weighted by Gasteiger charge is 2.18. The largest absolute Gasteiger partial charge is 0.296 e. The van der Waals surface area contributed by atoms with E-state index in [0.29, 0.717) is 16.5 Å². The quantitative estimate of drug-likeness (QED) is 0.594. The Balaban J connectivity index is 1.64. The summed E-state index contributed by atoms with van der Waals surface area (Å²) < 4.78 is 1.81. The molecule has 4 heterocycles. The first-order valence-electron chi connectivity index (χ1n) is 7.38. The van der Waals surface area contributed by atoms with Gasteiger partial charge < -0.3 is 0 Å².